The van der Waals surface area contributed by atoms with E-state index in [-0.39, 0.29) is 12.2 Å². The fourth-order valence-corrected chi connectivity index (χ4v) is 4.67. The largest absolute Gasteiger partial charge is 0.489 e. The molecule has 1 N–H and O–H groups in total. The molecule has 0 unspecified atom stereocenters. The molecule has 0 saturated heterocycles. The minimum absolute atomic E-state index is 0.153. The zero-order valence-electron chi connectivity index (χ0n) is 17.0. The molecule has 0 radical (unpaired) electrons. The summed E-state index contributed by atoms with van der Waals surface area (Å²) in [4.78, 5) is 12.8. The Kier molecular flexibility index (Phi) is 5.26. The molecule has 0 amide bonds. The Balaban J connectivity index is 1.42. The zero-order chi connectivity index (χ0) is 21.5. The van der Waals surface area contributed by atoms with E-state index in [0.29, 0.717) is 15.8 Å². The highest BCUT2D eigenvalue weighted by Gasteiger charge is 2.18. The number of nitrogens with one attached hydrogen (secondary N) is 1. The van der Waals surface area contributed by atoms with E-state index < -0.39 is 0 Å². The smallest absolute Gasteiger partial charge is 0.258 e. The molecule has 4 aromatic rings. The third kappa shape index (κ3) is 3.74. The van der Waals surface area contributed by atoms with Crippen molar-refractivity contribution in [2.75, 3.05) is 6.54 Å². The maximum atomic E-state index is 12.8. The maximum Gasteiger partial charge on any atom is 0.258 e. The second-order valence-corrected chi connectivity index (χ2v) is 8.55. The van der Waals surface area contributed by atoms with E-state index in [1.54, 1.807) is 29.0 Å². The van der Waals surface area contributed by atoms with Crippen molar-refractivity contribution >= 4 is 34.1 Å². The monoisotopic (exact) mass is 453 g/mol. The number of hydrogen-bond donors (Lipinski definition) is 1. The Hall–Kier alpha value is -2.73. The van der Waals surface area contributed by atoms with E-state index in [1.807, 2.05) is 12.1 Å². The molecule has 3 heterocycles. The molecule has 2 aromatic carbocycles. The van der Waals surface area contributed by atoms with E-state index in [0.717, 1.165) is 36.3 Å². The van der Waals surface area contributed by atoms with Crippen LogP contribution in [0.15, 0.2) is 59.5 Å². The molecule has 7 heteroatoms. The first-order chi connectivity index (χ1) is 15.0. The standard InChI is InChI=1S/C24H21Cl2N3O2/c1-28-22-6-8-27-13-20(22)19-5-4-17(11-23(19)28)29-9-7-18(12-24(29)30)31-14-15-2-3-16(25)10-21(15)26/h2-5,7,9-12,27H,6,8,13-14H2,1H3. The highest BCUT2D eigenvalue weighted by molar-refractivity contribution is 6.35. The van der Waals surface area contributed by atoms with Gasteiger partial charge in [-0.1, -0.05) is 35.3 Å². The summed E-state index contributed by atoms with van der Waals surface area (Å²) in [7, 11) is 2.10. The van der Waals surface area contributed by atoms with Gasteiger partial charge >= 0.3 is 0 Å². The van der Waals surface area contributed by atoms with Crippen LogP contribution in [0.2, 0.25) is 10.0 Å². The van der Waals surface area contributed by atoms with Gasteiger partial charge in [0.15, 0.2) is 0 Å². The predicted octanol–water partition coefficient (Wildman–Crippen LogP) is 4.86. The van der Waals surface area contributed by atoms with E-state index in [2.05, 4.69) is 29.1 Å². The van der Waals surface area contributed by atoms with Crippen LogP contribution in [0.4, 0.5) is 0 Å². The molecule has 5 nitrogen and oxygen atoms in total. The summed E-state index contributed by atoms with van der Waals surface area (Å²) in [6.45, 7) is 2.14. The van der Waals surface area contributed by atoms with E-state index >= 15 is 0 Å². The van der Waals surface area contributed by atoms with Gasteiger partial charge in [-0.15, -0.1) is 0 Å². The van der Waals surface area contributed by atoms with E-state index in [9.17, 15) is 4.79 Å². The van der Waals surface area contributed by atoms with Crippen LogP contribution in [0.25, 0.3) is 16.6 Å². The first-order valence-electron chi connectivity index (χ1n) is 10.1. The van der Waals surface area contributed by atoms with Crippen molar-refractivity contribution in [1.29, 1.82) is 0 Å². The summed E-state index contributed by atoms with van der Waals surface area (Å²) < 4.78 is 9.65. The summed E-state index contributed by atoms with van der Waals surface area (Å²) in [5.74, 6) is 0.494. The number of ether oxygens (including phenoxy) is 1. The fourth-order valence-electron chi connectivity index (χ4n) is 4.21. The minimum Gasteiger partial charge on any atom is -0.489 e. The summed E-state index contributed by atoms with van der Waals surface area (Å²) in [6, 6.07) is 14.7. The van der Waals surface area contributed by atoms with Gasteiger partial charge in [-0.05, 0) is 35.9 Å². The Labute approximate surface area is 189 Å². The van der Waals surface area contributed by atoms with Gasteiger partial charge in [0.05, 0.1) is 11.2 Å². The number of nitrogens with zero attached hydrogens (tertiary/aromatic N) is 2. The molecule has 0 atom stereocenters. The van der Waals surface area contributed by atoms with E-state index in [1.165, 1.54) is 22.7 Å². The molecule has 158 valence electrons. The van der Waals surface area contributed by atoms with Gasteiger partial charge in [-0.3, -0.25) is 9.36 Å². The van der Waals surface area contributed by atoms with Crippen molar-refractivity contribution in [2.24, 2.45) is 7.05 Å². The number of fused-ring (bicyclic) bond motifs is 3. The minimum atomic E-state index is -0.153. The predicted molar refractivity (Wildman–Crippen MR) is 125 cm³/mol. The molecule has 0 spiro atoms. The Morgan fingerprint density at radius 1 is 1.10 bits per heavy atom. The van der Waals surface area contributed by atoms with Gasteiger partial charge in [0.2, 0.25) is 0 Å². The summed E-state index contributed by atoms with van der Waals surface area (Å²) in [5.41, 5.74) is 5.34. The third-order valence-electron chi connectivity index (χ3n) is 5.84. The first kappa shape index (κ1) is 20.2. The zero-order valence-corrected chi connectivity index (χ0v) is 18.5. The summed E-state index contributed by atoms with van der Waals surface area (Å²) in [6.07, 6.45) is 2.76. The number of pyridine rings is 1. The van der Waals surface area contributed by atoms with Gasteiger partial charge in [0, 0.05) is 65.5 Å². The molecule has 0 fully saturated rings. The van der Waals surface area contributed by atoms with Gasteiger partial charge in [-0.2, -0.15) is 0 Å². The molecule has 1 aliphatic heterocycles. The second kappa shape index (κ2) is 8.08. The van der Waals surface area contributed by atoms with Crippen LogP contribution >= 0.6 is 23.2 Å². The number of aryl methyl sites for hydroxylation is 1. The highest BCUT2D eigenvalue weighted by Crippen LogP contribution is 2.29. The van der Waals surface area contributed by atoms with Gasteiger partial charge in [-0.25, -0.2) is 0 Å². The van der Waals surface area contributed by atoms with Crippen molar-refractivity contribution in [3.63, 3.8) is 0 Å². The number of rotatable bonds is 4. The molecule has 0 saturated carbocycles. The molecule has 31 heavy (non-hydrogen) atoms. The van der Waals surface area contributed by atoms with Crippen LogP contribution in [0, 0.1) is 0 Å². The lowest BCUT2D eigenvalue weighted by atomic mass is 10.1. The fraction of sp³-hybridized carbons (Fsp3) is 0.208. The first-order valence-corrected chi connectivity index (χ1v) is 10.9. The lowest BCUT2D eigenvalue weighted by molar-refractivity contribution is 0.305. The maximum absolute atomic E-state index is 12.8. The third-order valence-corrected chi connectivity index (χ3v) is 6.43. The van der Waals surface area contributed by atoms with Crippen LogP contribution in [-0.4, -0.2) is 15.7 Å². The van der Waals surface area contributed by atoms with Crippen molar-refractivity contribution in [3.05, 3.63) is 91.9 Å². The average Bonchev–Trinajstić information content (AvgIpc) is 3.05. The number of halogens is 2. The Bertz CT molecular complexity index is 1360. The lowest BCUT2D eigenvalue weighted by Crippen LogP contribution is -2.24. The van der Waals surface area contributed by atoms with Crippen LogP contribution in [0.3, 0.4) is 0 Å². The molecule has 1 aliphatic rings. The SMILES string of the molecule is Cn1c2c(c3ccc(-n4ccc(OCc5ccc(Cl)cc5Cl)cc4=O)cc31)CNCC2. The molecular weight excluding hydrogens is 433 g/mol. The van der Waals surface area contributed by atoms with E-state index in [4.69, 9.17) is 27.9 Å². The van der Waals surface area contributed by atoms with Crippen LogP contribution in [0.1, 0.15) is 16.8 Å². The summed E-state index contributed by atoms with van der Waals surface area (Å²) in [5, 5.41) is 5.79. The molecule has 0 bridgehead atoms. The van der Waals surface area contributed by atoms with Crippen LogP contribution < -0.4 is 15.6 Å². The van der Waals surface area contributed by atoms with Gasteiger partial charge in [0.1, 0.15) is 12.4 Å². The van der Waals surface area contributed by atoms with Crippen molar-refractivity contribution in [1.82, 2.24) is 14.5 Å². The number of aromatic nitrogens is 2. The Morgan fingerprint density at radius 3 is 2.77 bits per heavy atom. The normalized spacial score (nSPS) is 13.4. The number of hydrogen-bond acceptors (Lipinski definition) is 3. The quantitative estimate of drug-likeness (QED) is 0.479. The Morgan fingerprint density at radius 2 is 1.97 bits per heavy atom. The molecule has 0 aliphatic carbocycles. The van der Waals surface area contributed by atoms with Gasteiger partial charge in [0.25, 0.3) is 5.56 Å². The average molecular weight is 454 g/mol. The van der Waals surface area contributed by atoms with Crippen molar-refractivity contribution < 1.29 is 4.74 Å². The lowest BCUT2D eigenvalue weighted by Gasteiger charge is -2.14. The summed E-state index contributed by atoms with van der Waals surface area (Å²) >= 11 is 12.1. The van der Waals surface area contributed by atoms with Crippen LogP contribution in [-0.2, 0) is 26.6 Å². The van der Waals surface area contributed by atoms with Gasteiger partial charge < -0.3 is 14.6 Å². The number of benzene rings is 2. The highest BCUT2D eigenvalue weighted by atomic mass is 35.5. The van der Waals surface area contributed by atoms with Crippen molar-refractivity contribution in [2.45, 2.75) is 19.6 Å². The molecule has 5 rings (SSSR count). The topological polar surface area (TPSA) is 48.2 Å². The van der Waals surface area contributed by atoms with Crippen LogP contribution in [0.5, 0.6) is 5.75 Å². The van der Waals surface area contributed by atoms with Crippen molar-refractivity contribution in [3.8, 4) is 11.4 Å². The molecular formula is C24H21Cl2N3O2. The second-order valence-electron chi connectivity index (χ2n) is 7.71. The molecule has 2 aromatic heterocycles.